The van der Waals surface area contributed by atoms with Crippen molar-refractivity contribution >= 4 is 5.71 Å². The van der Waals surface area contributed by atoms with Gasteiger partial charge in [0, 0.05) is 17.9 Å². The van der Waals surface area contributed by atoms with Gasteiger partial charge in [-0.3, -0.25) is 0 Å². The van der Waals surface area contributed by atoms with Crippen molar-refractivity contribution in [1.82, 2.24) is 10.1 Å². The molecule has 1 aliphatic heterocycles. The number of hydrogen-bond acceptors (Lipinski definition) is 5. The minimum absolute atomic E-state index is 0.0915. The third-order valence-corrected chi connectivity index (χ3v) is 3.95. The zero-order chi connectivity index (χ0) is 16.0. The summed E-state index contributed by atoms with van der Waals surface area (Å²) in [4.78, 5) is 8.80. The lowest BCUT2D eigenvalue weighted by Gasteiger charge is -2.08. The summed E-state index contributed by atoms with van der Waals surface area (Å²) in [5.41, 5.74) is 2.48. The second-order valence-corrected chi connectivity index (χ2v) is 5.70. The van der Waals surface area contributed by atoms with Gasteiger partial charge in [-0.05, 0) is 18.4 Å². The molecule has 0 amide bonds. The van der Waals surface area contributed by atoms with Crippen molar-refractivity contribution in [2.24, 2.45) is 11.1 Å². The first-order chi connectivity index (χ1) is 11.0. The maximum Gasteiger partial charge on any atom is 0.471 e. The molecule has 120 valence electrons. The molecular formula is C15H12F3N3O2. The quantitative estimate of drug-likeness (QED) is 0.857. The van der Waals surface area contributed by atoms with Crippen LogP contribution in [-0.4, -0.2) is 15.9 Å². The van der Waals surface area contributed by atoms with Crippen molar-refractivity contribution in [3.63, 3.8) is 0 Å². The fourth-order valence-electron chi connectivity index (χ4n) is 2.53. The first-order valence-electron chi connectivity index (χ1n) is 7.24. The summed E-state index contributed by atoms with van der Waals surface area (Å²) in [6, 6.07) is 6.88. The highest BCUT2D eigenvalue weighted by Crippen LogP contribution is 2.39. The largest absolute Gasteiger partial charge is 0.471 e. The zero-order valence-corrected chi connectivity index (χ0v) is 11.9. The average Bonchev–Trinajstić information content (AvgIpc) is 3.05. The molecule has 0 spiro atoms. The lowest BCUT2D eigenvalue weighted by molar-refractivity contribution is -0.159. The Labute approximate surface area is 129 Å². The molecule has 2 aromatic rings. The Kier molecular flexibility index (Phi) is 3.14. The molecule has 0 N–H and O–H groups in total. The van der Waals surface area contributed by atoms with E-state index in [0.29, 0.717) is 11.5 Å². The van der Waals surface area contributed by atoms with E-state index < -0.39 is 12.1 Å². The number of hydrogen-bond donors (Lipinski definition) is 0. The molecule has 1 aromatic heterocycles. The van der Waals surface area contributed by atoms with E-state index in [1.54, 1.807) is 24.3 Å². The lowest BCUT2D eigenvalue weighted by Crippen LogP contribution is -2.04. The Balaban J connectivity index is 1.49. The van der Waals surface area contributed by atoms with Gasteiger partial charge in [-0.25, -0.2) is 0 Å². The molecule has 1 aromatic carbocycles. The first-order valence-corrected chi connectivity index (χ1v) is 7.24. The highest BCUT2D eigenvalue weighted by atomic mass is 19.4. The van der Waals surface area contributed by atoms with E-state index in [1.165, 1.54) is 12.8 Å². The van der Waals surface area contributed by atoms with Crippen LogP contribution in [-0.2, 0) is 11.0 Å². The molecule has 1 saturated carbocycles. The van der Waals surface area contributed by atoms with Crippen LogP contribution < -0.4 is 0 Å². The molecule has 1 fully saturated rings. The Hall–Kier alpha value is -2.38. The predicted octanol–water partition coefficient (Wildman–Crippen LogP) is 3.98. The van der Waals surface area contributed by atoms with Gasteiger partial charge in [-0.2, -0.15) is 18.2 Å². The molecule has 0 saturated heterocycles. The normalized spacial score (nSPS) is 21.2. The van der Waals surface area contributed by atoms with E-state index in [9.17, 15) is 13.2 Å². The fraction of sp³-hybridized carbons (Fsp3) is 0.400. The molecular weight excluding hydrogens is 311 g/mol. The van der Waals surface area contributed by atoms with Gasteiger partial charge in [0.15, 0.2) is 6.10 Å². The molecule has 5 nitrogen and oxygen atoms in total. The van der Waals surface area contributed by atoms with Crippen molar-refractivity contribution in [2.45, 2.75) is 31.5 Å². The second-order valence-electron chi connectivity index (χ2n) is 5.70. The van der Waals surface area contributed by atoms with E-state index in [-0.39, 0.29) is 11.9 Å². The van der Waals surface area contributed by atoms with Crippen LogP contribution in [0.25, 0.3) is 11.4 Å². The summed E-state index contributed by atoms with van der Waals surface area (Å²) in [6.45, 7) is 0. The number of nitrogens with zero attached hydrogens (tertiary/aromatic N) is 3. The maximum atomic E-state index is 12.5. The second kappa shape index (κ2) is 5.07. The molecule has 23 heavy (non-hydrogen) atoms. The summed E-state index contributed by atoms with van der Waals surface area (Å²) in [7, 11) is 0. The Morgan fingerprint density at radius 3 is 2.43 bits per heavy atom. The molecule has 0 radical (unpaired) electrons. The smallest absolute Gasteiger partial charge is 0.387 e. The van der Waals surface area contributed by atoms with Crippen LogP contribution in [0, 0.1) is 5.92 Å². The molecule has 8 heteroatoms. The molecule has 1 atom stereocenters. The van der Waals surface area contributed by atoms with E-state index in [2.05, 4.69) is 19.8 Å². The van der Waals surface area contributed by atoms with Crippen molar-refractivity contribution < 1.29 is 22.5 Å². The van der Waals surface area contributed by atoms with Crippen LogP contribution >= 0.6 is 0 Å². The van der Waals surface area contributed by atoms with Crippen LogP contribution in [0.3, 0.4) is 0 Å². The maximum absolute atomic E-state index is 12.5. The van der Waals surface area contributed by atoms with E-state index in [0.717, 1.165) is 17.7 Å². The fourth-order valence-corrected chi connectivity index (χ4v) is 2.53. The molecule has 0 bridgehead atoms. The Morgan fingerprint density at radius 1 is 1.09 bits per heavy atom. The van der Waals surface area contributed by atoms with Gasteiger partial charge in [0.2, 0.25) is 5.82 Å². The third kappa shape index (κ3) is 2.80. The summed E-state index contributed by atoms with van der Waals surface area (Å²) in [5, 5.41) is 7.48. The van der Waals surface area contributed by atoms with Crippen LogP contribution in [0.1, 0.15) is 36.8 Å². The number of oxime groups is 1. The van der Waals surface area contributed by atoms with Gasteiger partial charge < -0.3 is 9.36 Å². The minimum Gasteiger partial charge on any atom is -0.387 e. The number of rotatable bonds is 3. The van der Waals surface area contributed by atoms with Crippen molar-refractivity contribution in [3.05, 3.63) is 35.7 Å². The molecule has 2 aliphatic rings. The van der Waals surface area contributed by atoms with Crippen molar-refractivity contribution in [3.8, 4) is 11.4 Å². The van der Waals surface area contributed by atoms with E-state index in [4.69, 9.17) is 4.84 Å². The van der Waals surface area contributed by atoms with Crippen LogP contribution in [0.2, 0.25) is 0 Å². The molecule has 1 unspecified atom stereocenters. The topological polar surface area (TPSA) is 60.5 Å². The monoisotopic (exact) mass is 323 g/mol. The van der Waals surface area contributed by atoms with E-state index in [1.807, 2.05) is 0 Å². The SMILES string of the molecule is FC(F)(F)c1nc(-c2ccc(C3CC(C4CC4)=NO3)cc2)no1. The van der Waals surface area contributed by atoms with Crippen molar-refractivity contribution in [1.29, 1.82) is 0 Å². The number of alkyl halides is 3. The van der Waals surface area contributed by atoms with Gasteiger partial charge in [0.25, 0.3) is 0 Å². The summed E-state index contributed by atoms with van der Waals surface area (Å²) >= 11 is 0. The number of aromatic nitrogens is 2. The van der Waals surface area contributed by atoms with Crippen LogP contribution in [0.15, 0.2) is 33.9 Å². The van der Waals surface area contributed by atoms with Crippen LogP contribution in [0.4, 0.5) is 13.2 Å². The number of halogens is 3. The Bertz CT molecular complexity index is 748. The number of benzene rings is 1. The van der Waals surface area contributed by atoms with Gasteiger partial charge in [0.05, 0.1) is 5.71 Å². The third-order valence-electron chi connectivity index (χ3n) is 3.95. The summed E-state index contributed by atoms with van der Waals surface area (Å²) in [6.07, 6.45) is -1.65. The molecule has 1 aliphatic carbocycles. The van der Waals surface area contributed by atoms with Crippen molar-refractivity contribution in [2.75, 3.05) is 0 Å². The standard InChI is InChI=1S/C15H12F3N3O2/c16-15(17,18)14-19-13(21-23-14)10-5-3-9(4-6-10)12-7-11(20-22-12)8-1-2-8/h3-6,8,12H,1-2,7H2. The van der Waals surface area contributed by atoms with Gasteiger partial charge in [0.1, 0.15) is 0 Å². The van der Waals surface area contributed by atoms with Gasteiger partial charge in [-0.15, -0.1) is 0 Å². The van der Waals surface area contributed by atoms with Crippen LogP contribution in [0.5, 0.6) is 0 Å². The minimum atomic E-state index is -4.64. The zero-order valence-electron chi connectivity index (χ0n) is 11.9. The highest BCUT2D eigenvalue weighted by molar-refractivity contribution is 5.89. The molecule has 2 heterocycles. The predicted molar refractivity (Wildman–Crippen MR) is 73.3 cm³/mol. The van der Waals surface area contributed by atoms with Gasteiger partial charge >= 0.3 is 12.1 Å². The van der Waals surface area contributed by atoms with E-state index >= 15 is 0 Å². The van der Waals surface area contributed by atoms with Gasteiger partial charge in [-0.1, -0.05) is 34.6 Å². The Morgan fingerprint density at radius 2 is 1.83 bits per heavy atom. The molecule has 4 rings (SSSR count). The lowest BCUT2D eigenvalue weighted by atomic mass is 10.0. The first kappa shape index (κ1) is 14.2. The highest BCUT2D eigenvalue weighted by Gasteiger charge is 2.38. The summed E-state index contributed by atoms with van der Waals surface area (Å²) in [5.74, 6) is -0.872. The average molecular weight is 323 g/mol. The summed E-state index contributed by atoms with van der Waals surface area (Å²) < 4.78 is 41.6.